The number of carbonyl (C=O) groups is 4. The van der Waals surface area contributed by atoms with Gasteiger partial charge in [-0.3, -0.25) is 24.1 Å². The number of nitrogen functional groups attached to an aromatic ring is 4. The smallest absolute Gasteiger partial charge is 0.255 e. The molecule has 13 nitrogen and oxygen atoms in total. The number of nitrogens with zero attached hydrogens (tertiary/aromatic N) is 1. The molecule has 14 heteroatoms. The summed E-state index contributed by atoms with van der Waals surface area (Å²) in [6.45, 7) is 6.02. The maximum Gasteiger partial charge on any atom is 0.255 e. The van der Waals surface area contributed by atoms with Crippen LogP contribution in [-0.2, 0) is 29.1 Å². The van der Waals surface area contributed by atoms with Crippen molar-refractivity contribution < 1.29 is 19.2 Å². The zero-order chi connectivity index (χ0) is 54.0. The third-order valence-corrected chi connectivity index (χ3v) is 13.4. The second-order valence-electron chi connectivity index (χ2n) is 17.8. The van der Waals surface area contributed by atoms with Gasteiger partial charge in [-0.05, 0) is 128 Å². The van der Waals surface area contributed by atoms with Crippen LogP contribution >= 0.6 is 22.6 Å². The molecular formula is C62H60IN9O4. The van der Waals surface area contributed by atoms with Crippen LogP contribution in [0.2, 0.25) is 0 Å². The van der Waals surface area contributed by atoms with E-state index in [0.29, 0.717) is 70.6 Å². The first kappa shape index (κ1) is 54.9. The van der Waals surface area contributed by atoms with E-state index < -0.39 is 0 Å². The molecule has 1 heterocycles. The van der Waals surface area contributed by atoms with Crippen LogP contribution in [0.1, 0.15) is 66.6 Å². The van der Waals surface area contributed by atoms with E-state index in [4.69, 9.17) is 28.7 Å². The fraction of sp³-hybridized carbons (Fsp3) is 0.0968. The van der Waals surface area contributed by atoms with Crippen LogP contribution in [0.4, 0.5) is 39.8 Å². The number of carbonyl (C=O) groups excluding carboxylic acids is 4. The van der Waals surface area contributed by atoms with Gasteiger partial charge in [0.25, 0.3) is 5.91 Å². The lowest BCUT2D eigenvalue weighted by Gasteiger charge is -2.38. The quantitative estimate of drug-likeness (QED) is 0.0222. The molecule has 8 aromatic carbocycles. The minimum atomic E-state index is -0.197. The zero-order valence-electron chi connectivity index (χ0n) is 41.8. The Labute approximate surface area is 457 Å². The summed E-state index contributed by atoms with van der Waals surface area (Å²) in [4.78, 5) is 52.0. The molecule has 1 aliphatic heterocycles. The Morgan fingerprint density at radius 3 is 1.70 bits per heavy atom. The highest BCUT2D eigenvalue weighted by atomic mass is 127. The average Bonchev–Trinajstić information content (AvgIpc) is 3.43. The fourth-order valence-electron chi connectivity index (χ4n) is 8.30. The van der Waals surface area contributed by atoms with Gasteiger partial charge in [-0.15, -0.1) is 0 Å². The topological polar surface area (TPSA) is 238 Å². The van der Waals surface area contributed by atoms with Crippen molar-refractivity contribution in [1.82, 2.24) is 4.90 Å². The van der Waals surface area contributed by atoms with Crippen LogP contribution in [0.5, 0.6) is 0 Å². The van der Waals surface area contributed by atoms with E-state index in [-0.39, 0.29) is 42.4 Å². The Hall–Kier alpha value is -8.83. The van der Waals surface area contributed by atoms with Crippen molar-refractivity contribution in [3.05, 3.63) is 255 Å². The standard InChI is InChI=1S/C33H32N4O2.C15H13IN2O.C14H15N3O/c1-22-20-37(21-23-14-16-24(17-15-23)32(38)18-25-8-2-5-11-28(25)34)31(27-10-4-3-9-26(22)27)19-33(39)36-30-13-7-6-12-29(30)35;16-12-6-2-1-5-11(12)9-10-15(19)18-14-8-4-3-7-13(14)17;15-9-10-5-7-11(8-6-10)14(18)17-13-4-2-1-3-12(13)16/h2-17,31H,1,18-21,34-35H2,(H,36,39);1-10H,17H2,(H,18,19);1-8H,9,15-16H2,(H,17,18)/b;10-9+;. The van der Waals surface area contributed by atoms with Crippen molar-refractivity contribution in [1.29, 1.82) is 0 Å². The molecule has 0 aromatic heterocycles. The zero-order valence-corrected chi connectivity index (χ0v) is 44.0. The van der Waals surface area contributed by atoms with Gasteiger partial charge in [-0.2, -0.15) is 0 Å². The first-order valence-electron chi connectivity index (χ1n) is 24.4. The maximum absolute atomic E-state index is 13.2. The molecule has 1 atom stereocenters. The number of hydrogen-bond acceptors (Lipinski definition) is 10. The monoisotopic (exact) mass is 1120 g/mol. The number of ketones is 1. The lowest BCUT2D eigenvalue weighted by Crippen LogP contribution is -2.36. The number of Topliss-reactive ketones (excluding diaryl/α,β-unsaturated/α-hetero) is 1. The van der Waals surface area contributed by atoms with Gasteiger partial charge in [0, 0.05) is 65.0 Å². The predicted molar refractivity (Wildman–Crippen MR) is 319 cm³/mol. The summed E-state index contributed by atoms with van der Waals surface area (Å²) in [6.07, 6.45) is 3.83. The summed E-state index contributed by atoms with van der Waals surface area (Å²) < 4.78 is 1.10. The first-order valence-corrected chi connectivity index (χ1v) is 25.5. The van der Waals surface area contributed by atoms with Crippen molar-refractivity contribution in [2.45, 2.75) is 32.0 Å². The third-order valence-electron chi connectivity index (χ3n) is 12.4. The van der Waals surface area contributed by atoms with Gasteiger partial charge in [0.2, 0.25) is 11.8 Å². The molecule has 384 valence electrons. The number of benzene rings is 8. The lowest BCUT2D eigenvalue weighted by molar-refractivity contribution is -0.117. The van der Waals surface area contributed by atoms with Crippen LogP contribution < -0.4 is 44.6 Å². The number of nitrogens with two attached hydrogens (primary N) is 5. The number of fused-ring (bicyclic) bond motifs is 1. The predicted octanol–water partition coefficient (Wildman–Crippen LogP) is 11.4. The summed E-state index contributed by atoms with van der Waals surface area (Å²) in [5.74, 6) is -0.463. The molecule has 9 rings (SSSR count). The second kappa shape index (κ2) is 26.9. The SMILES string of the molecule is C=C1CN(Cc2ccc(C(=O)Cc3ccccc3N)cc2)C(CC(=O)Nc2ccccc2N)c2ccccc21.NCc1ccc(C(=O)Nc2ccccc2N)cc1.Nc1ccccc1NC(=O)/C=C/c1ccccc1I. The fourth-order valence-corrected chi connectivity index (χ4v) is 8.87. The molecule has 1 unspecified atom stereocenters. The van der Waals surface area contributed by atoms with Crippen LogP contribution in [0.15, 0.2) is 207 Å². The van der Waals surface area contributed by atoms with Gasteiger partial charge in [-0.1, -0.05) is 140 Å². The van der Waals surface area contributed by atoms with E-state index in [9.17, 15) is 19.2 Å². The van der Waals surface area contributed by atoms with Gasteiger partial charge in [0.15, 0.2) is 5.78 Å². The van der Waals surface area contributed by atoms with Crippen molar-refractivity contribution in [3.8, 4) is 0 Å². The molecule has 0 saturated carbocycles. The van der Waals surface area contributed by atoms with Gasteiger partial charge < -0.3 is 44.6 Å². The number of halogens is 1. The molecule has 0 spiro atoms. The second-order valence-corrected chi connectivity index (χ2v) is 19.0. The van der Waals surface area contributed by atoms with E-state index in [1.165, 1.54) is 6.08 Å². The molecular weight excluding hydrogens is 1060 g/mol. The van der Waals surface area contributed by atoms with Crippen LogP contribution in [-0.4, -0.2) is 34.9 Å². The summed E-state index contributed by atoms with van der Waals surface area (Å²) in [6, 6.07) is 59.7. The molecule has 76 heavy (non-hydrogen) atoms. The minimum absolute atomic E-state index is 0.0226. The number of amides is 3. The van der Waals surface area contributed by atoms with Crippen molar-refractivity contribution in [2.75, 3.05) is 45.4 Å². The Bertz CT molecular complexity index is 3360. The Kier molecular flexibility index (Phi) is 19.5. The van der Waals surface area contributed by atoms with E-state index in [2.05, 4.69) is 62.2 Å². The van der Waals surface area contributed by atoms with Gasteiger partial charge in [0.05, 0.1) is 34.1 Å². The normalized spacial score (nSPS) is 12.7. The molecule has 13 N–H and O–H groups in total. The van der Waals surface area contributed by atoms with Crippen molar-refractivity contribution in [3.63, 3.8) is 0 Å². The summed E-state index contributed by atoms with van der Waals surface area (Å²) in [7, 11) is 0. The molecule has 0 bridgehead atoms. The summed E-state index contributed by atoms with van der Waals surface area (Å²) in [5.41, 5.74) is 41.5. The number of nitrogens with one attached hydrogen (secondary N) is 3. The van der Waals surface area contributed by atoms with E-state index in [1.54, 1.807) is 54.6 Å². The maximum atomic E-state index is 13.2. The molecule has 8 aromatic rings. The Morgan fingerprint density at radius 1 is 0.579 bits per heavy atom. The van der Waals surface area contributed by atoms with Crippen LogP contribution in [0, 0.1) is 3.57 Å². The molecule has 0 radical (unpaired) electrons. The minimum Gasteiger partial charge on any atom is -0.398 e. The highest BCUT2D eigenvalue weighted by molar-refractivity contribution is 14.1. The highest BCUT2D eigenvalue weighted by Gasteiger charge is 2.31. The lowest BCUT2D eigenvalue weighted by atomic mass is 9.87. The largest absolute Gasteiger partial charge is 0.398 e. The molecule has 0 aliphatic carbocycles. The number of anilines is 7. The highest BCUT2D eigenvalue weighted by Crippen LogP contribution is 2.38. The van der Waals surface area contributed by atoms with Gasteiger partial charge in [0.1, 0.15) is 0 Å². The van der Waals surface area contributed by atoms with Crippen LogP contribution in [0.3, 0.4) is 0 Å². The van der Waals surface area contributed by atoms with E-state index in [1.807, 2.05) is 133 Å². The summed E-state index contributed by atoms with van der Waals surface area (Å²) >= 11 is 2.23. The average molecular weight is 1120 g/mol. The van der Waals surface area contributed by atoms with Crippen molar-refractivity contribution >= 4 is 97.6 Å². The van der Waals surface area contributed by atoms with E-state index >= 15 is 0 Å². The molecule has 3 amide bonds. The number of rotatable bonds is 14. The molecule has 0 saturated heterocycles. The number of para-hydroxylation sites is 7. The van der Waals surface area contributed by atoms with Gasteiger partial charge >= 0.3 is 0 Å². The van der Waals surface area contributed by atoms with Crippen LogP contribution in [0.25, 0.3) is 11.6 Å². The summed E-state index contributed by atoms with van der Waals surface area (Å²) in [5, 5.41) is 8.48. The number of hydrogen-bond donors (Lipinski definition) is 8. The third kappa shape index (κ3) is 15.4. The Morgan fingerprint density at radius 2 is 1.09 bits per heavy atom. The van der Waals surface area contributed by atoms with Gasteiger partial charge in [-0.25, -0.2) is 0 Å². The Balaban J connectivity index is 0.000000189. The molecule has 1 aliphatic rings. The first-order chi connectivity index (χ1) is 36.8. The van der Waals surface area contributed by atoms with E-state index in [0.717, 1.165) is 42.5 Å². The molecule has 0 fully saturated rings. The van der Waals surface area contributed by atoms with Crippen molar-refractivity contribution in [2.24, 2.45) is 5.73 Å².